The third kappa shape index (κ3) is 2.52. The molecule has 1 amide bonds. The van der Waals surface area contributed by atoms with Crippen LogP contribution in [0, 0.1) is 6.92 Å². The Morgan fingerprint density at radius 2 is 2.35 bits per heavy atom. The number of amides is 1. The van der Waals surface area contributed by atoms with E-state index in [-0.39, 0.29) is 6.04 Å². The predicted molar refractivity (Wildman–Crippen MR) is 64.2 cm³/mol. The van der Waals surface area contributed by atoms with E-state index in [0.717, 1.165) is 29.7 Å². The van der Waals surface area contributed by atoms with E-state index in [4.69, 9.17) is 4.74 Å². The van der Waals surface area contributed by atoms with E-state index < -0.39 is 6.09 Å². The number of carbonyl (C=O) groups excluding carboxylic acids is 1. The van der Waals surface area contributed by atoms with Gasteiger partial charge in [-0.05, 0) is 25.3 Å². The van der Waals surface area contributed by atoms with Crippen LogP contribution in [0.3, 0.4) is 0 Å². The summed E-state index contributed by atoms with van der Waals surface area (Å²) in [6, 6.07) is 5.96. The molecule has 0 spiro atoms. The summed E-state index contributed by atoms with van der Waals surface area (Å²) < 4.78 is 10.4. The van der Waals surface area contributed by atoms with Crippen molar-refractivity contribution < 1.29 is 14.3 Å². The van der Waals surface area contributed by atoms with Crippen LogP contribution >= 0.6 is 0 Å². The smallest absolute Gasteiger partial charge is 0.407 e. The lowest BCUT2D eigenvalue weighted by Crippen LogP contribution is -2.28. The molecule has 1 unspecified atom stereocenters. The van der Waals surface area contributed by atoms with E-state index in [9.17, 15) is 4.79 Å². The Hall–Kier alpha value is -1.71. The first-order valence-corrected chi connectivity index (χ1v) is 5.79. The highest BCUT2D eigenvalue weighted by Crippen LogP contribution is 2.33. The van der Waals surface area contributed by atoms with Crippen LogP contribution in [0.15, 0.2) is 18.2 Å². The highest BCUT2D eigenvalue weighted by molar-refractivity contribution is 5.68. The number of nitrogens with one attached hydrogen (secondary N) is 1. The van der Waals surface area contributed by atoms with Gasteiger partial charge in [-0.2, -0.15) is 0 Å². The Kier molecular flexibility index (Phi) is 3.52. The second-order valence-electron chi connectivity index (χ2n) is 4.17. The number of methoxy groups -OCH3 is 1. The van der Waals surface area contributed by atoms with Crippen molar-refractivity contribution in [1.29, 1.82) is 0 Å². The van der Waals surface area contributed by atoms with Crippen LogP contribution in [0.2, 0.25) is 0 Å². The Labute approximate surface area is 101 Å². The fraction of sp³-hybridized carbons (Fsp3) is 0.462. The summed E-state index contributed by atoms with van der Waals surface area (Å²) in [5.41, 5.74) is 2.13. The normalized spacial score (nSPS) is 18.6. The predicted octanol–water partition coefficient (Wildman–Crippen LogP) is 2.56. The average molecular weight is 235 g/mol. The minimum atomic E-state index is -0.399. The molecular weight excluding hydrogens is 218 g/mol. The van der Waals surface area contributed by atoms with Crippen LogP contribution in [0.25, 0.3) is 0 Å². The van der Waals surface area contributed by atoms with Crippen LogP contribution in [-0.2, 0) is 4.74 Å². The fourth-order valence-corrected chi connectivity index (χ4v) is 2.12. The molecule has 4 nitrogen and oxygen atoms in total. The van der Waals surface area contributed by atoms with Crippen molar-refractivity contribution in [2.75, 3.05) is 13.7 Å². The number of hydrogen-bond acceptors (Lipinski definition) is 3. The van der Waals surface area contributed by atoms with Gasteiger partial charge in [-0.15, -0.1) is 0 Å². The highest BCUT2D eigenvalue weighted by atomic mass is 16.5. The van der Waals surface area contributed by atoms with Gasteiger partial charge >= 0.3 is 6.09 Å². The van der Waals surface area contributed by atoms with Crippen LogP contribution in [-0.4, -0.2) is 19.8 Å². The van der Waals surface area contributed by atoms with E-state index in [1.807, 2.05) is 25.1 Å². The SMILES string of the molecule is COC(=O)NC1CCCOc2c(C)cccc21. The third-order valence-corrected chi connectivity index (χ3v) is 2.98. The molecule has 4 heteroatoms. The molecule has 2 rings (SSSR count). The standard InChI is InChI=1S/C13H17NO3/c1-9-5-3-6-10-11(14-13(15)16-2)7-4-8-17-12(9)10/h3,5-6,11H,4,7-8H2,1-2H3,(H,14,15). The number of hydrogen-bond donors (Lipinski definition) is 1. The van der Waals surface area contributed by atoms with Crippen molar-refractivity contribution in [3.8, 4) is 5.75 Å². The molecule has 0 aliphatic carbocycles. The zero-order chi connectivity index (χ0) is 12.3. The van der Waals surface area contributed by atoms with Gasteiger partial charge in [-0.25, -0.2) is 4.79 Å². The summed E-state index contributed by atoms with van der Waals surface area (Å²) in [6.07, 6.45) is 1.39. The van der Waals surface area contributed by atoms with Gasteiger partial charge in [-0.1, -0.05) is 18.2 Å². The molecule has 0 saturated carbocycles. The molecule has 1 N–H and O–H groups in total. The van der Waals surface area contributed by atoms with Gasteiger partial charge in [0.2, 0.25) is 0 Å². The molecule has 1 aromatic rings. The topological polar surface area (TPSA) is 47.6 Å². The van der Waals surface area contributed by atoms with E-state index >= 15 is 0 Å². The third-order valence-electron chi connectivity index (χ3n) is 2.98. The molecule has 1 aliphatic rings. The van der Waals surface area contributed by atoms with Gasteiger partial charge in [0.1, 0.15) is 5.75 Å². The summed E-state index contributed by atoms with van der Waals surface area (Å²) in [4.78, 5) is 11.3. The number of para-hydroxylation sites is 1. The largest absolute Gasteiger partial charge is 0.493 e. The number of carbonyl (C=O) groups is 1. The zero-order valence-corrected chi connectivity index (χ0v) is 10.2. The first kappa shape index (κ1) is 11.8. The Morgan fingerprint density at radius 3 is 3.12 bits per heavy atom. The first-order chi connectivity index (χ1) is 8.22. The maximum absolute atomic E-state index is 11.3. The van der Waals surface area contributed by atoms with Gasteiger partial charge in [0, 0.05) is 5.56 Å². The molecule has 92 valence electrons. The monoisotopic (exact) mass is 235 g/mol. The average Bonchev–Trinajstić information content (AvgIpc) is 2.53. The van der Waals surface area contributed by atoms with Gasteiger partial charge < -0.3 is 14.8 Å². The number of aryl methyl sites for hydroxylation is 1. The maximum atomic E-state index is 11.3. The van der Waals surface area contributed by atoms with Crippen LogP contribution in [0.1, 0.15) is 30.0 Å². The Bertz CT molecular complexity index is 417. The second-order valence-corrected chi connectivity index (χ2v) is 4.17. The van der Waals surface area contributed by atoms with Gasteiger partial charge in [0.15, 0.2) is 0 Å². The van der Waals surface area contributed by atoms with Crippen molar-refractivity contribution in [3.05, 3.63) is 29.3 Å². The number of benzene rings is 1. The number of ether oxygens (including phenoxy) is 2. The van der Waals surface area contributed by atoms with E-state index in [1.54, 1.807) is 0 Å². The van der Waals surface area contributed by atoms with Crippen LogP contribution in [0.5, 0.6) is 5.75 Å². The molecule has 1 aliphatic heterocycles. The lowest BCUT2D eigenvalue weighted by Gasteiger charge is -2.18. The molecule has 0 aromatic heterocycles. The molecule has 0 fully saturated rings. The first-order valence-electron chi connectivity index (χ1n) is 5.79. The maximum Gasteiger partial charge on any atom is 0.407 e. The fourth-order valence-electron chi connectivity index (χ4n) is 2.12. The molecule has 1 atom stereocenters. The zero-order valence-electron chi connectivity index (χ0n) is 10.2. The van der Waals surface area contributed by atoms with Crippen LogP contribution in [0.4, 0.5) is 4.79 Å². The number of rotatable bonds is 1. The lowest BCUT2D eigenvalue weighted by atomic mass is 10.00. The van der Waals surface area contributed by atoms with E-state index in [1.165, 1.54) is 7.11 Å². The minimum absolute atomic E-state index is 0.0279. The summed E-state index contributed by atoms with van der Waals surface area (Å²) in [5.74, 6) is 0.895. The second kappa shape index (κ2) is 5.08. The van der Waals surface area contributed by atoms with E-state index in [0.29, 0.717) is 6.61 Å². The molecule has 1 heterocycles. The summed E-state index contributed by atoms with van der Waals surface area (Å²) in [7, 11) is 1.37. The molecule has 17 heavy (non-hydrogen) atoms. The minimum Gasteiger partial charge on any atom is -0.493 e. The summed E-state index contributed by atoms with van der Waals surface area (Å²) >= 11 is 0. The molecule has 0 bridgehead atoms. The van der Waals surface area contributed by atoms with Crippen molar-refractivity contribution in [2.45, 2.75) is 25.8 Å². The molecular formula is C13H17NO3. The van der Waals surface area contributed by atoms with Crippen molar-refractivity contribution in [2.24, 2.45) is 0 Å². The lowest BCUT2D eigenvalue weighted by molar-refractivity contribution is 0.166. The highest BCUT2D eigenvalue weighted by Gasteiger charge is 2.22. The van der Waals surface area contributed by atoms with Gasteiger partial charge in [0.05, 0.1) is 19.8 Å². The summed E-state index contributed by atoms with van der Waals surface area (Å²) in [6.45, 7) is 2.70. The van der Waals surface area contributed by atoms with Crippen LogP contribution < -0.4 is 10.1 Å². The molecule has 0 saturated heterocycles. The number of alkyl carbamates (subject to hydrolysis) is 1. The van der Waals surface area contributed by atoms with Crippen molar-refractivity contribution in [3.63, 3.8) is 0 Å². The number of fused-ring (bicyclic) bond motifs is 1. The van der Waals surface area contributed by atoms with Crippen molar-refractivity contribution in [1.82, 2.24) is 5.32 Å². The van der Waals surface area contributed by atoms with Gasteiger partial charge in [0.25, 0.3) is 0 Å². The quantitative estimate of drug-likeness (QED) is 0.813. The van der Waals surface area contributed by atoms with Gasteiger partial charge in [-0.3, -0.25) is 0 Å². The molecule has 1 aromatic carbocycles. The Morgan fingerprint density at radius 1 is 1.53 bits per heavy atom. The summed E-state index contributed by atoms with van der Waals surface area (Å²) in [5, 5.41) is 2.85. The Balaban J connectivity index is 2.30. The van der Waals surface area contributed by atoms with Crippen molar-refractivity contribution >= 4 is 6.09 Å². The molecule has 0 radical (unpaired) electrons. The van der Waals surface area contributed by atoms with E-state index in [2.05, 4.69) is 10.1 Å².